The second-order valence-corrected chi connectivity index (χ2v) is 9.68. The number of nitrogens with one attached hydrogen (secondary N) is 2. The predicted octanol–water partition coefficient (Wildman–Crippen LogP) is 3.53. The largest absolute Gasteiger partial charge is 0.324 e. The van der Waals surface area contributed by atoms with Crippen molar-refractivity contribution in [3.8, 4) is 0 Å². The molecule has 0 radical (unpaired) electrons. The van der Waals surface area contributed by atoms with Crippen molar-refractivity contribution < 1.29 is 18.0 Å². The van der Waals surface area contributed by atoms with Crippen LogP contribution in [0.5, 0.6) is 0 Å². The van der Waals surface area contributed by atoms with Crippen LogP contribution in [0.3, 0.4) is 0 Å². The van der Waals surface area contributed by atoms with Gasteiger partial charge in [-0.05, 0) is 68.4 Å². The van der Waals surface area contributed by atoms with E-state index in [0.717, 1.165) is 11.1 Å². The fourth-order valence-electron chi connectivity index (χ4n) is 3.46. The molecule has 0 aliphatic heterocycles. The first-order chi connectivity index (χ1) is 16.0. The minimum atomic E-state index is -3.76. The molecule has 0 aromatic heterocycles. The Morgan fingerprint density at radius 1 is 0.971 bits per heavy atom. The van der Waals surface area contributed by atoms with Crippen LogP contribution in [0.25, 0.3) is 0 Å². The van der Waals surface area contributed by atoms with Crippen LogP contribution in [0, 0.1) is 6.92 Å². The molecule has 0 bridgehead atoms. The van der Waals surface area contributed by atoms with E-state index in [4.69, 9.17) is 5.14 Å². The highest BCUT2D eigenvalue weighted by atomic mass is 32.2. The van der Waals surface area contributed by atoms with E-state index in [9.17, 15) is 18.0 Å². The number of hydrogen-bond donors (Lipinski definition) is 3. The van der Waals surface area contributed by atoms with Crippen LogP contribution < -0.4 is 15.8 Å². The number of amides is 2. The van der Waals surface area contributed by atoms with Crippen LogP contribution in [0.2, 0.25) is 0 Å². The Hall–Kier alpha value is -3.53. The number of carbonyl (C=O) groups excluding carboxylic acids is 2. The number of nitrogens with two attached hydrogens (primary N) is 1. The molecule has 178 valence electrons. The van der Waals surface area contributed by atoms with E-state index in [1.165, 1.54) is 12.1 Å². The average Bonchev–Trinajstić information content (AvgIpc) is 2.78. The smallest absolute Gasteiger partial charge is 0.257 e. The molecular formula is C25H28N4O4S. The number of primary sulfonamides is 1. The van der Waals surface area contributed by atoms with Crippen molar-refractivity contribution in [2.24, 2.45) is 5.14 Å². The van der Waals surface area contributed by atoms with Gasteiger partial charge in [-0.15, -0.1) is 0 Å². The highest BCUT2D eigenvalue weighted by molar-refractivity contribution is 7.89. The molecule has 1 atom stereocenters. The zero-order chi connectivity index (χ0) is 24.9. The summed E-state index contributed by atoms with van der Waals surface area (Å²) in [5.41, 5.74) is 3.30. The zero-order valence-corrected chi connectivity index (χ0v) is 20.1. The van der Waals surface area contributed by atoms with Gasteiger partial charge in [0.05, 0.1) is 22.7 Å². The second kappa shape index (κ2) is 10.6. The highest BCUT2D eigenvalue weighted by Crippen LogP contribution is 2.21. The molecule has 2 amide bonds. The van der Waals surface area contributed by atoms with Gasteiger partial charge < -0.3 is 10.6 Å². The molecule has 3 rings (SSSR count). The molecule has 1 unspecified atom stereocenters. The molecule has 34 heavy (non-hydrogen) atoms. The SMILES string of the molecule is Cc1cccc(NC(=O)c2ccccc2NC(=O)CN(C)C(C)c2ccc(S(N)(=O)=O)cc2)c1. The molecule has 0 fully saturated rings. The molecule has 8 nitrogen and oxygen atoms in total. The fourth-order valence-corrected chi connectivity index (χ4v) is 3.97. The third-order valence-corrected chi connectivity index (χ3v) is 6.40. The molecule has 0 aliphatic rings. The lowest BCUT2D eigenvalue weighted by molar-refractivity contribution is -0.117. The number of carbonyl (C=O) groups is 2. The lowest BCUT2D eigenvalue weighted by Gasteiger charge is -2.25. The Kier molecular flexibility index (Phi) is 7.83. The Balaban J connectivity index is 1.66. The molecule has 0 saturated heterocycles. The summed E-state index contributed by atoms with van der Waals surface area (Å²) in [5.74, 6) is -0.607. The number of aryl methyl sites for hydroxylation is 1. The van der Waals surface area contributed by atoms with Gasteiger partial charge in [0.1, 0.15) is 0 Å². The van der Waals surface area contributed by atoms with Gasteiger partial charge in [-0.3, -0.25) is 14.5 Å². The van der Waals surface area contributed by atoms with Crippen molar-refractivity contribution in [1.29, 1.82) is 0 Å². The van der Waals surface area contributed by atoms with E-state index in [2.05, 4.69) is 10.6 Å². The number of hydrogen-bond acceptors (Lipinski definition) is 5. The predicted molar refractivity (Wildman–Crippen MR) is 133 cm³/mol. The van der Waals surface area contributed by atoms with E-state index >= 15 is 0 Å². The quantitative estimate of drug-likeness (QED) is 0.455. The monoisotopic (exact) mass is 480 g/mol. The summed E-state index contributed by atoms with van der Waals surface area (Å²) in [6, 6.07) is 20.3. The van der Waals surface area contributed by atoms with Gasteiger partial charge in [-0.25, -0.2) is 13.6 Å². The molecular weight excluding hydrogens is 452 g/mol. The Morgan fingerprint density at radius 3 is 2.29 bits per heavy atom. The third-order valence-electron chi connectivity index (χ3n) is 5.47. The number of anilines is 2. The van der Waals surface area contributed by atoms with Crippen molar-refractivity contribution in [2.75, 3.05) is 24.2 Å². The van der Waals surface area contributed by atoms with Crippen molar-refractivity contribution in [2.45, 2.75) is 24.8 Å². The lowest BCUT2D eigenvalue weighted by atomic mass is 10.1. The van der Waals surface area contributed by atoms with Crippen LogP contribution in [-0.2, 0) is 14.8 Å². The maximum Gasteiger partial charge on any atom is 0.257 e. The molecule has 3 aromatic rings. The Bertz CT molecular complexity index is 1290. The Labute approximate surface area is 199 Å². The van der Waals surface area contributed by atoms with Gasteiger partial charge in [0, 0.05) is 11.7 Å². The van der Waals surface area contributed by atoms with Gasteiger partial charge in [-0.1, -0.05) is 36.4 Å². The van der Waals surface area contributed by atoms with Crippen LogP contribution in [-0.4, -0.2) is 38.7 Å². The minimum Gasteiger partial charge on any atom is -0.324 e. The van der Waals surface area contributed by atoms with Crippen molar-refractivity contribution >= 4 is 33.2 Å². The van der Waals surface area contributed by atoms with Crippen molar-refractivity contribution in [1.82, 2.24) is 4.90 Å². The first-order valence-corrected chi connectivity index (χ1v) is 12.2. The molecule has 3 aromatic carbocycles. The molecule has 4 N–H and O–H groups in total. The summed E-state index contributed by atoms with van der Waals surface area (Å²) >= 11 is 0. The van der Waals surface area contributed by atoms with E-state index in [-0.39, 0.29) is 29.3 Å². The number of nitrogens with zero attached hydrogens (tertiary/aromatic N) is 1. The van der Waals surface area contributed by atoms with E-state index in [1.54, 1.807) is 49.5 Å². The van der Waals surface area contributed by atoms with Gasteiger partial charge in [-0.2, -0.15) is 0 Å². The standard InChI is InChI=1S/C25H28N4O4S/c1-17-7-6-8-20(15-17)27-25(31)22-9-4-5-10-23(22)28-24(30)16-29(3)18(2)19-11-13-21(14-12-19)34(26,32)33/h4-15,18H,16H2,1-3H3,(H,27,31)(H,28,30)(H2,26,32,33). The van der Waals surface area contributed by atoms with Gasteiger partial charge >= 0.3 is 0 Å². The topological polar surface area (TPSA) is 122 Å². The van der Waals surface area contributed by atoms with Gasteiger partial charge in [0.25, 0.3) is 5.91 Å². The molecule has 0 heterocycles. The highest BCUT2D eigenvalue weighted by Gasteiger charge is 2.18. The third kappa shape index (κ3) is 6.50. The minimum absolute atomic E-state index is 0.0318. The second-order valence-electron chi connectivity index (χ2n) is 8.12. The normalized spacial score (nSPS) is 12.3. The van der Waals surface area contributed by atoms with Crippen LogP contribution in [0.4, 0.5) is 11.4 Å². The van der Waals surface area contributed by atoms with Crippen molar-refractivity contribution in [3.05, 3.63) is 89.5 Å². The molecule has 0 spiro atoms. The zero-order valence-electron chi connectivity index (χ0n) is 19.3. The summed E-state index contributed by atoms with van der Waals surface area (Å²) in [6.07, 6.45) is 0. The summed E-state index contributed by atoms with van der Waals surface area (Å²) < 4.78 is 22.9. The summed E-state index contributed by atoms with van der Waals surface area (Å²) in [7, 11) is -1.98. The van der Waals surface area contributed by atoms with E-state index in [1.807, 2.05) is 36.9 Å². The van der Waals surface area contributed by atoms with Gasteiger partial charge in [0.15, 0.2) is 0 Å². The first kappa shape index (κ1) is 25.1. The van der Waals surface area contributed by atoms with Crippen LogP contribution in [0.1, 0.15) is 34.5 Å². The van der Waals surface area contributed by atoms with E-state index in [0.29, 0.717) is 16.9 Å². The van der Waals surface area contributed by atoms with Gasteiger partial charge in [0.2, 0.25) is 15.9 Å². The summed E-state index contributed by atoms with van der Waals surface area (Å²) in [4.78, 5) is 27.4. The number of benzene rings is 3. The Morgan fingerprint density at radius 2 is 1.65 bits per heavy atom. The number of likely N-dealkylation sites (N-methyl/N-ethyl adjacent to an activating group) is 1. The number of sulfonamides is 1. The molecule has 0 saturated carbocycles. The summed E-state index contributed by atoms with van der Waals surface area (Å²) in [6.45, 7) is 3.91. The van der Waals surface area contributed by atoms with E-state index < -0.39 is 10.0 Å². The number of rotatable bonds is 8. The van der Waals surface area contributed by atoms with Crippen LogP contribution in [0.15, 0.2) is 77.7 Å². The molecule has 0 aliphatic carbocycles. The molecule has 9 heteroatoms. The number of para-hydroxylation sites is 1. The first-order valence-electron chi connectivity index (χ1n) is 10.6. The summed E-state index contributed by atoms with van der Waals surface area (Å²) in [5, 5.41) is 10.8. The average molecular weight is 481 g/mol. The maximum absolute atomic E-state index is 12.8. The van der Waals surface area contributed by atoms with Crippen LogP contribution >= 0.6 is 0 Å². The lowest BCUT2D eigenvalue weighted by Crippen LogP contribution is -2.32. The fraction of sp³-hybridized carbons (Fsp3) is 0.200. The van der Waals surface area contributed by atoms with Crippen molar-refractivity contribution in [3.63, 3.8) is 0 Å². The maximum atomic E-state index is 12.8.